The van der Waals surface area contributed by atoms with E-state index in [1.54, 1.807) is 0 Å². The van der Waals surface area contributed by atoms with Crippen molar-refractivity contribution in [2.75, 3.05) is 39.5 Å². The summed E-state index contributed by atoms with van der Waals surface area (Å²) < 4.78 is 24.6. The Balaban J connectivity index is 1.38. The lowest BCUT2D eigenvalue weighted by Gasteiger charge is -2.37. The molecule has 3 heterocycles. The van der Waals surface area contributed by atoms with Crippen molar-refractivity contribution in [3.8, 4) is 5.75 Å². The molecule has 0 aliphatic carbocycles. The van der Waals surface area contributed by atoms with Crippen LogP contribution in [0.4, 0.5) is 0 Å². The summed E-state index contributed by atoms with van der Waals surface area (Å²) in [6.07, 6.45) is 0.0466. The van der Waals surface area contributed by atoms with Crippen LogP contribution in [0.5, 0.6) is 5.75 Å². The maximum Gasteiger partial charge on any atom is 0.625 e. The van der Waals surface area contributed by atoms with Crippen LogP contribution in [0.15, 0.2) is 24.3 Å². The van der Waals surface area contributed by atoms with Crippen LogP contribution in [-0.4, -0.2) is 56.8 Å². The van der Waals surface area contributed by atoms with Gasteiger partial charge in [0, 0.05) is 0 Å². The highest BCUT2D eigenvalue weighted by Crippen LogP contribution is 2.41. The average molecular weight is 305 g/mol. The van der Waals surface area contributed by atoms with Crippen LogP contribution in [-0.2, 0) is 14.0 Å². The molecule has 120 valence electrons. The van der Waals surface area contributed by atoms with Crippen LogP contribution >= 0.6 is 0 Å². The topological polar surface area (TPSA) is 36.9 Å². The summed E-state index contributed by atoms with van der Waals surface area (Å²) in [7, 11) is 0. The molecule has 6 heteroatoms. The van der Waals surface area contributed by atoms with Gasteiger partial charge in [0.15, 0.2) is 0 Å². The molecule has 0 saturated carbocycles. The van der Waals surface area contributed by atoms with Gasteiger partial charge in [-0.15, -0.1) is 0 Å². The van der Waals surface area contributed by atoms with Crippen molar-refractivity contribution in [1.29, 1.82) is 0 Å². The normalized spacial score (nSPS) is 36.6. The molecular formula is C16H24BNO4. The summed E-state index contributed by atoms with van der Waals surface area (Å²) in [4.78, 5) is 0. The molecule has 3 fully saturated rings. The molecule has 3 aliphatic rings. The van der Waals surface area contributed by atoms with Gasteiger partial charge in [-0.05, 0) is 23.6 Å². The first-order valence-corrected chi connectivity index (χ1v) is 8.30. The molecule has 0 N–H and O–H groups in total. The zero-order chi connectivity index (χ0) is 15.2. The molecule has 0 radical (unpaired) electrons. The zero-order valence-corrected chi connectivity index (χ0v) is 13.4. The number of rotatable bonds is 4. The van der Waals surface area contributed by atoms with E-state index in [0.717, 1.165) is 43.0 Å². The van der Waals surface area contributed by atoms with Gasteiger partial charge >= 0.3 is 6.89 Å². The largest absolute Gasteiger partial charge is 0.625 e. The van der Waals surface area contributed by atoms with Gasteiger partial charge in [-0.25, -0.2) is 0 Å². The number of hydrogen-bond acceptors (Lipinski definition) is 4. The van der Waals surface area contributed by atoms with E-state index in [0.29, 0.717) is 12.5 Å². The van der Waals surface area contributed by atoms with E-state index in [9.17, 15) is 0 Å². The predicted molar refractivity (Wildman–Crippen MR) is 83.4 cm³/mol. The molecule has 4 rings (SSSR count). The Morgan fingerprint density at radius 3 is 2.45 bits per heavy atom. The van der Waals surface area contributed by atoms with Gasteiger partial charge in [0.25, 0.3) is 0 Å². The van der Waals surface area contributed by atoms with Crippen LogP contribution in [0.1, 0.15) is 25.3 Å². The van der Waals surface area contributed by atoms with Crippen LogP contribution in [0.25, 0.3) is 0 Å². The summed E-state index contributed by atoms with van der Waals surface area (Å²) in [5.41, 5.74) is 1.33. The van der Waals surface area contributed by atoms with Crippen molar-refractivity contribution in [3.63, 3.8) is 0 Å². The Morgan fingerprint density at radius 2 is 1.86 bits per heavy atom. The molecule has 0 unspecified atom stereocenters. The van der Waals surface area contributed by atoms with Crippen LogP contribution < -0.4 is 4.74 Å². The van der Waals surface area contributed by atoms with Crippen molar-refractivity contribution in [3.05, 3.63) is 29.8 Å². The SMILES string of the molecule is CC(C)c1ccc(OC[C@H]2C[N+]34CCO[B-]3(OCC4)O2)cc1. The van der Waals surface area contributed by atoms with Gasteiger partial charge in [0.05, 0.1) is 32.8 Å². The predicted octanol–water partition coefficient (Wildman–Crippen LogP) is 1.90. The van der Waals surface area contributed by atoms with Gasteiger partial charge < -0.3 is 23.1 Å². The molecule has 0 amide bonds. The quantitative estimate of drug-likeness (QED) is 0.796. The number of ether oxygens (including phenoxy) is 1. The fourth-order valence-corrected chi connectivity index (χ4v) is 4.00. The van der Waals surface area contributed by atoms with Crippen molar-refractivity contribution in [2.24, 2.45) is 0 Å². The minimum atomic E-state index is -1.56. The Hall–Kier alpha value is -1.08. The lowest BCUT2D eigenvalue weighted by Crippen LogP contribution is -2.59. The third-order valence-electron chi connectivity index (χ3n) is 5.32. The number of benzene rings is 1. The third kappa shape index (κ3) is 2.17. The summed E-state index contributed by atoms with van der Waals surface area (Å²) >= 11 is 0. The van der Waals surface area contributed by atoms with Crippen molar-refractivity contribution in [2.45, 2.75) is 25.9 Å². The molecule has 3 saturated heterocycles. The minimum Gasteiger partial charge on any atom is -0.491 e. The van der Waals surface area contributed by atoms with E-state index in [1.165, 1.54) is 5.56 Å². The standard InChI is InChI=1S/C16H24BNO4/c1-13(2)14-3-5-15(6-4-14)19-12-16-11-18-7-9-20-17(18,22-16)21-10-8-18/h3-6,13,16H,7-12H2,1-2H3/t16-,17?,18?/m1/s1. The van der Waals surface area contributed by atoms with E-state index in [2.05, 4.69) is 26.0 Å². The van der Waals surface area contributed by atoms with Crippen LogP contribution in [0.2, 0.25) is 0 Å². The maximum atomic E-state index is 6.14. The van der Waals surface area contributed by atoms with E-state index < -0.39 is 6.89 Å². The monoisotopic (exact) mass is 305 g/mol. The van der Waals surface area contributed by atoms with Gasteiger partial charge in [-0.3, -0.25) is 0 Å². The second kappa shape index (κ2) is 5.23. The molecule has 22 heavy (non-hydrogen) atoms. The van der Waals surface area contributed by atoms with Crippen LogP contribution in [0, 0.1) is 0 Å². The second-order valence-corrected chi connectivity index (χ2v) is 6.99. The molecule has 1 atom stereocenters. The molecule has 5 nitrogen and oxygen atoms in total. The highest BCUT2D eigenvalue weighted by molar-refractivity contribution is 6.54. The molecular weight excluding hydrogens is 281 g/mol. The van der Waals surface area contributed by atoms with Gasteiger partial charge in [-0.1, -0.05) is 26.0 Å². The zero-order valence-electron chi connectivity index (χ0n) is 13.4. The van der Waals surface area contributed by atoms with Crippen molar-refractivity contribution in [1.82, 2.24) is 0 Å². The van der Waals surface area contributed by atoms with Crippen molar-refractivity contribution >= 4 is 6.89 Å². The lowest BCUT2D eigenvalue weighted by atomic mass is 9.94. The summed E-state index contributed by atoms with van der Waals surface area (Å²) in [5.74, 6) is 1.44. The molecule has 3 aliphatic heterocycles. The van der Waals surface area contributed by atoms with Crippen molar-refractivity contribution < 1.29 is 23.1 Å². The molecule has 0 spiro atoms. The van der Waals surface area contributed by atoms with Gasteiger partial charge in [-0.2, -0.15) is 0 Å². The molecule has 0 aromatic heterocycles. The first-order chi connectivity index (χ1) is 10.6. The Bertz CT molecular complexity index is 518. The molecule has 1 aromatic carbocycles. The summed E-state index contributed by atoms with van der Waals surface area (Å²) in [6, 6.07) is 8.33. The third-order valence-corrected chi connectivity index (χ3v) is 5.32. The Morgan fingerprint density at radius 1 is 1.18 bits per heavy atom. The highest BCUT2D eigenvalue weighted by Gasteiger charge is 2.66. The second-order valence-electron chi connectivity index (χ2n) is 6.99. The fourth-order valence-electron chi connectivity index (χ4n) is 4.00. The first-order valence-electron chi connectivity index (χ1n) is 8.30. The molecule has 1 aromatic rings. The smallest absolute Gasteiger partial charge is 0.491 e. The van der Waals surface area contributed by atoms with E-state index >= 15 is 0 Å². The number of hydrogen-bond donors (Lipinski definition) is 0. The number of quaternary nitrogens is 1. The first kappa shape index (κ1) is 14.5. The lowest BCUT2D eigenvalue weighted by molar-refractivity contribution is -0.816. The minimum absolute atomic E-state index is 0.0466. The Labute approximate surface area is 131 Å². The summed E-state index contributed by atoms with van der Waals surface area (Å²) in [6.45, 7) is 7.79. The number of nitrogens with zero attached hydrogens (tertiary/aromatic N) is 1. The van der Waals surface area contributed by atoms with E-state index in [1.807, 2.05) is 12.1 Å². The fraction of sp³-hybridized carbons (Fsp3) is 0.625. The maximum absolute atomic E-state index is 6.14. The summed E-state index contributed by atoms with van der Waals surface area (Å²) in [5, 5.41) is 0. The Kier molecular flexibility index (Phi) is 3.45. The van der Waals surface area contributed by atoms with E-state index in [4.69, 9.17) is 18.7 Å². The van der Waals surface area contributed by atoms with E-state index in [-0.39, 0.29) is 6.10 Å². The van der Waals surface area contributed by atoms with Gasteiger partial charge in [0.1, 0.15) is 18.5 Å². The molecule has 0 bridgehead atoms. The van der Waals surface area contributed by atoms with Gasteiger partial charge in [0.2, 0.25) is 0 Å². The highest BCUT2D eigenvalue weighted by atomic mass is 16.8. The van der Waals surface area contributed by atoms with Crippen LogP contribution in [0.3, 0.4) is 0 Å². The average Bonchev–Trinajstić information content (AvgIpc) is 3.06.